The smallest absolute Gasteiger partial charge is 0.162 e. The van der Waals surface area contributed by atoms with E-state index in [0.717, 1.165) is 0 Å². The Balaban J connectivity index is 2.50. The summed E-state index contributed by atoms with van der Waals surface area (Å²) in [5.74, 6) is 0.694. The van der Waals surface area contributed by atoms with Crippen molar-refractivity contribution >= 4 is 0 Å². The zero-order valence-electron chi connectivity index (χ0n) is 4.33. The van der Waals surface area contributed by atoms with Crippen LogP contribution in [0.15, 0.2) is 16.8 Å². The molecule has 0 spiro atoms. The molecule has 0 unspecified atom stereocenters. The molecule has 0 aromatic carbocycles. The highest BCUT2D eigenvalue weighted by atomic mass is 16.5. The van der Waals surface area contributed by atoms with Crippen LogP contribution in [0, 0.1) is 7.11 Å². The van der Waals surface area contributed by atoms with Gasteiger partial charge in [-0.15, -0.1) is 0 Å². The number of rotatable bonds is 2. The summed E-state index contributed by atoms with van der Waals surface area (Å²) in [7, 11) is 3.17. The maximum absolute atomic E-state index is 4.66. The van der Waals surface area contributed by atoms with Crippen molar-refractivity contribution in [3.63, 3.8) is 0 Å². The highest BCUT2D eigenvalue weighted by Gasteiger charge is 1.91. The van der Waals surface area contributed by atoms with Gasteiger partial charge in [0.25, 0.3) is 0 Å². The van der Waals surface area contributed by atoms with Gasteiger partial charge in [-0.1, -0.05) is 5.16 Å². The van der Waals surface area contributed by atoms with Gasteiger partial charge in [0.2, 0.25) is 0 Å². The van der Waals surface area contributed by atoms with Crippen LogP contribution in [-0.4, -0.2) is 5.16 Å². The lowest BCUT2D eigenvalue weighted by Gasteiger charge is -1.86. The molecule has 0 amide bonds. The summed E-state index contributed by atoms with van der Waals surface area (Å²) >= 11 is 0. The van der Waals surface area contributed by atoms with Gasteiger partial charge in [-0.05, 0) is 0 Å². The Morgan fingerprint density at radius 1 is 1.88 bits per heavy atom. The molecule has 3 nitrogen and oxygen atoms in total. The van der Waals surface area contributed by atoms with Gasteiger partial charge in [0.1, 0.15) is 6.61 Å². The first kappa shape index (κ1) is 5.31. The first-order valence-corrected chi connectivity index (χ1v) is 2.20. The number of hydrogen-bond acceptors (Lipinski definition) is 3. The molecule has 1 rings (SSSR count). The Morgan fingerprint density at radius 2 is 2.75 bits per heavy atom. The fourth-order valence-electron chi connectivity index (χ4n) is 0.417. The topological polar surface area (TPSA) is 35.3 Å². The van der Waals surface area contributed by atoms with E-state index in [2.05, 4.69) is 21.5 Å². The molecule has 43 valence electrons. The molecule has 3 heteroatoms. The second-order valence-electron chi connectivity index (χ2n) is 1.33. The molecule has 0 fully saturated rings. The summed E-state index contributed by atoms with van der Waals surface area (Å²) in [5, 5.41) is 3.46. The molecule has 0 bridgehead atoms. The predicted octanol–water partition coefficient (Wildman–Crippen LogP) is 0.983. The van der Waals surface area contributed by atoms with Gasteiger partial charge in [-0.25, -0.2) is 0 Å². The zero-order chi connectivity index (χ0) is 5.82. The highest BCUT2D eigenvalue weighted by Crippen LogP contribution is 1.96. The van der Waals surface area contributed by atoms with Crippen molar-refractivity contribution in [1.82, 2.24) is 5.16 Å². The van der Waals surface area contributed by atoms with Crippen LogP contribution in [-0.2, 0) is 11.3 Å². The second-order valence-corrected chi connectivity index (χ2v) is 1.33. The number of hydrogen-bond donors (Lipinski definition) is 0. The van der Waals surface area contributed by atoms with Crippen LogP contribution in [0.4, 0.5) is 0 Å². The van der Waals surface area contributed by atoms with Crippen LogP contribution in [0.5, 0.6) is 0 Å². The van der Waals surface area contributed by atoms with E-state index in [1.165, 1.54) is 0 Å². The second kappa shape index (κ2) is 2.47. The van der Waals surface area contributed by atoms with Crippen LogP contribution in [0.25, 0.3) is 0 Å². The van der Waals surface area contributed by atoms with Crippen LogP contribution in [0.1, 0.15) is 5.76 Å². The van der Waals surface area contributed by atoms with Crippen LogP contribution in [0.2, 0.25) is 0 Å². The zero-order valence-corrected chi connectivity index (χ0v) is 4.33. The molecule has 0 atom stereocenters. The summed E-state index contributed by atoms with van der Waals surface area (Å²) < 4.78 is 9.16. The normalized spacial score (nSPS) is 9.62. The average Bonchev–Trinajstić information content (AvgIpc) is 2.19. The summed E-state index contributed by atoms with van der Waals surface area (Å²) in [5.41, 5.74) is 0. The van der Waals surface area contributed by atoms with Crippen LogP contribution in [0.3, 0.4) is 0 Å². The van der Waals surface area contributed by atoms with Crippen LogP contribution < -0.4 is 0 Å². The SMILES string of the molecule is [CH2]OCc1ccno1. The lowest BCUT2D eigenvalue weighted by atomic mass is 10.5. The van der Waals surface area contributed by atoms with Crippen molar-refractivity contribution in [1.29, 1.82) is 0 Å². The minimum Gasteiger partial charge on any atom is -0.371 e. The van der Waals surface area contributed by atoms with E-state index in [9.17, 15) is 0 Å². The molecule has 1 aromatic heterocycles. The Hall–Kier alpha value is -0.830. The van der Waals surface area contributed by atoms with Crippen molar-refractivity contribution in [2.24, 2.45) is 0 Å². The fraction of sp³-hybridized carbons (Fsp3) is 0.200. The standard InChI is InChI=1S/C5H6NO2/c1-7-4-5-2-3-6-8-5/h2-3H,1,4H2. The minimum atomic E-state index is 0.389. The summed E-state index contributed by atoms with van der Waals surface area (Å²) in [4.78, 5) is 0. The van der Waals surface area contributed by atoms with E-state index >= 15 is 0 Å². The third-order valence-corrected chi connectivity index (χ3v) is 0.736. The third-order valence-electron chi connectivity index (χ3n) is 0.736. The lowest BCUT2D eigenvalue weighted by molar-refractivity contribution is 0.191. The van der Waals surface area contributed by atoms with E-state index in [0.29, 0.717) is 12.4 Å². The molecule has 1 aromatic rings. The van der Waals surface area contributed by atoms with Gasteiger partial charge in [0, 0.05) is 6.07 Å². The highest BCUT2D eigenvalue weighted by molar-refractivity contribution is 4.89. The monoisotopic (exact) mass is 112 g/mol. The molecule has 0 aliphatic heterocycles. The van der Waals surface area contributed by atoms with Crippen molar-refractivity contribution < 1.29 is 9.26 Å². The molecule has 1 radical (unpaired) electrons. The molecule has 8 heavy (non-hydrogen) atoms. The Bertz CT molecular complexity index is 136. The Morgan fingerprint density at radius 3 is 3.25 bits per heavy atom. The van der Waals surface area contributed by atoms with Gasteiger partial charge in [0.05, 0.1) is 13.3 Å². The van der Waals surface area contributed by atoms with Crippen molar-refractivity contribution in [3.05, 3.63) is 25.1 Å². The van der Waals surface area contributed by atoms with E-state index in [-0.39, 0.29) is 0 Å². The minimum absolute atomic E-state index is 0.389. The third kappa shape index (κ3) is 1.07. The van der Waals surface area contributed by atoms with Gasteiger partial charge in [-0.3, -0.25) is 0 Å². The average molecular weight is 112 g/mol. The maximum Gasteiger partial charge on any atom is 0.162 e. The largest absolute Gasteiger partial charge is 0.371 e. The lowest BCUT2D eigenvalue weighted by Crippen LogP contribution is -1.79. The van der Waals surface area contributed by atoms with Gasteiger partial charge >= 0.3 is 0 Å². The maximum atomic E-state index is 4.66. The number of ether oxygens (including phenoxy) is 1. The number of nitrogens with zero attached hydrogens (tertiary/aromatic N) is 1. The fourth-order valence-corrected chi connectivity index (χ4v) is 0.417. The number of aromatic nitrogens is 1. The molecule has 0 N–H and O–H groups in total. The molecule has 0 aliphatic carbocycles. The summed E-state index contributed by atoms with van der Waals surface area (Å²) in [6.07, 6.45) is 1.56. The molecule has 0 aliphatic rings. The van der Waals surface area contributed by atoms with Crippen LogP contribution >= 0.6 is 0 Å². The molecule has 0 saturated heterocycles. The van der Waals surface area contributed by atoms with Crippen molar-refractivity contribution in [3.8, 4) is 0 Å². The molecule has 0 saturated carbocycles. The molecular formula is C5H6NO2. The van der Waals surface area contributed by atoms with Gasteiger partial charge < -0.3 is 9.26 Å². The van der Waals surface area contributed by atoms with E-state index < -0.39 is 0 Å². The molecule has 1 heterocycles. The van der Waals surface area contributed by atoms with Crippen molar-refractivity contribution in [2.75, 3.05) is 0 Å². The Kier molecular flexibility index (Phi) is 1.64. The first-order valence-electron chi connectivity index (χ1n) is 2.20. The molecular weight excluding hydrogens is 106 g/mol. The predicted molar refractivity (Wildman–Crippen MR) is 26.6 cm³/mol. The van der Waals surface area contributed by atoms with Gasteiger partial charge in [-0.2, -0.15) is 0 Å². The first-order chi connectivity index (χ1) is 3.93. The quantitative estimate of drug-likeness (QED) is 0.572. The summed E-state index contributed by atoms with van der Waals surface area (Å²) in [6, 6.07) is 1.73. The summed E-state index contributed by atoms with van der Waals surface area (Å²) in [6.45, 7) is 0.389. The van der Waals surface area contributed by atoms with Crippen molar-refractivity contribution in [2.45, 2.75) is 6.61 Å². The van der Waals surface area contributed by atoms with E-state index in [1.807, 2.05) is 0 Å². The Labute approximate surface area is 47.2 Å². The van der Waals surface area contributed by atoms with E-state index in [1.54, 1.807) is 12.3 Å². The van der Waals surface area contributed by atoms with Gasteiger partial charge in [0.15, 0.2) is 5.76 Å². The van der Waals surface area contributed by atoms with E-state index in [4.69, 9.17) is 0 Å².